The van der Waals surface area contributed by atoms with Crippen LogP contribution >= 0.6 is 0 Å². The Labute approximate surface area is 102 Å². The lowest BCUT2D eigenvalue weighted by Gasteiger charge is -2.13. The lowest BCUT2D eigenvalue weighted by atomic mass is 9.98. The highest BCUT2D eigenvalue weighted by Crippen LogP contribution is 2.38. The Kier molecular flexibility index (Phi) is 3.79. The average Bonchev–Trinajstić information content (AvgIpc) is 2.84. The highest BCUT2D eigenvalue weighted by Gasteiger charge is 2.30. The second-order valence-electron chi connectivity index (χ2n) is 5.37. The van der Waals surface area contributed by atoms with Crippen molar-refractivity contribution in [3.05, 3.63) is 11.7 Å². The average molecular weight is 238 g/mol. The maximum atomic E-state index is 6.02. The van der Waals surface area contributed by atoms with Gasteiger partial charge in [0, 0.05) is 12.5 Å². The Morgan fingerprint density at radius 3 is 2.82 bits per heavy atom. The molecule has 2 rings (SSSR count). The van der Waals surface area contributed by atoms with Crippen LogP contribution in [0.5, 0.6) is 0 Å². The molecule has 1 heterocycles. The van der Waals surface area contributed by atoms with Crippen LogP contribution in [0.3, 0.4) is 0 Å². The molecule has 2 N–H and O–H groups in total. The predicted octanol–water partition coefficient (Wildman–Crippen LogP) is 1.53. The van der Waals surface area contributed by atoms with Crippen LogP contribution in [-0.4, -0.2) is 35.7 Å². The Bertz CT molecular complexity index is 363. The Morgan fingerprint density at radius 1 is 1.47 bits per heavy atom. The van der Waals surface area contributed by atoms with E-state index in [-0.39, 0.29) is 6.04 Å². The summed E-state index contributed by atoms with van der Waals surface area (Å²) in [5.74, 6) is 2.49. The van der Waals surface area contributed by atoms with Gasteiger partial charge in [0.1, 0.15) is 0 Å². The minimum Gasteiger partial charge on any atom is -0.339 e. The number of rotatable bonds is 4. The normalized spacial score (nSPS) is 26.6. The standard InChI is InChI=1S/C12H22N4O/c1-8-5-4-6-9(8)12-14-11(15-17-12)10(13)7-16(2)3/h8-10H,4-7,13H2,1-3H3. The molecule has 0 aromatic carbocycles. The van der Waals surface area contributed by atoms with Crippen LogP contribution in [0.2, 0.25) is 0 Å². The summed E-state index contributed by atoms with van der Waals surface area (Å²) >= 11 is 0. The maximum absolute atomic E-state index is 6.02. The number of hydrogen-bond donors (Lipinski definition) is 1. The minimum absolute atomic E-state index is 0.167. The first kappa shape index (κ1) is 12.5. The molecular formula is C12H22N4O. The first-order chi connectivity index (χ1) is 8.08. The van der Waals surface area contributed by atoms with E-state index >= 15 is 0 Å². The lowest BCUT2D eigenvalue weighted by molar-refractivity contribution is 0.321. The molecule has 96 valence electrons. The van der Waals surface area contributed by atoms with Gasteiger partial charge in [0.05, 0.1) is 6.04 Å². The summed E-state index contributed by atoms with van der Waals surface area (Å²) < 4.78 is 5.36. The second kappa shape index (κ2) is 5.14. The van der Waals surface area contributed by atoms with Crippen LogP contribution in [0.15, 0.2) is 4.52 Å². The molecule has 1 fully saturated rings. The van der Waals surface area contributed by atoms with Gasteiger partial charge in [0.25, 0.3) is 0 Å². The fraction of sp³-hybridized carbons (Fsp3) is 0.833. The van der Waals surface area contributed by atoms with Crippen molar-refractivity contribution in [1.29, 1.82) is 0 Å². The molecule has 3 unspecified atom stereocenters. The maximum Gasteiger partial charge on any atom is 0.230 e. The molecule has 0 aliphatic heterocycles. The zero-order valence-electron chi connectivity index (χ0n) is 10.9. The van der Waals surface area contributed by atoms with E-state index in [1.165, 1.54) is 12.8 Å². The number of hydrogen-bond acceptors (Lipinski definition) is 5. The van der Waals surface area contributed by atoms with Gasteiger partial charge in [-0.15, -0.1) is 0 Å². The van der Waals surface area contributed by atoms with Gasteiger partial charge in [-0.3, -0.25) is 0 Å². The molecule has 5 nitrogen and oxygen atoms in total. The van der Waals surface area contributed by atoms with Gasteiger partial charge >= 0.3 is 0 Å². The molecule has 5 heteroatoms. The quantitative estimate of drug-likeness (QED) is 0.861. The van der Waals surface area contributed by atoms with Crippen molar-refractivity contribution in [2.24, 2.45) is 11.7 Å². The number of nitrogens with zero attached hydrogens (tertiary/aromatic N) is 3. The topological polar surface area (TPSA) is 68.2 Å². The molecular weight excluding hydrogens is 216 g/mol. The zero-order valence-corrected chi connectivity index (χ0v) is 10.9. The monoisotopic (exact) mass is 238 g/mol. The molecule has 1 aliphatic rings. The van der Waals surface area contributed by atoms with Gasteiger partial charge in [-0.25, -0.2) is 0 Å². The second-order valence-corrected chi connectivity index (χ2v) is 5.37. The van der Waals surface area contributed by atoms with Crippen LogP contribution in [0.1, 0.15) is 49.9 Å². The van der Waals surface area contributed by atoms with E-state index in [1.807, 2.05) is 19.0 Å². The van der Waals surface area contributed by atoms with E-state index in [0.29, 0.717) is 17.7 Å². The third-order valence-electron chi connectivity index (χ3n) is 3.53. The lowest BCUT2D eigenvalue weighted by Crippen LogP contribution is -2.26. The molecule has 0 bridgehead atoms. The van der Waals surface area contributed by atoms with E-state index in [9.17, 15) is 0 Å². The van der Waals surface area contributed by atoms with Crippen molar-refractivity contribution in [1.82, 2.24) is 15.0 Å². The van der Waals surface area contributed by atoms with Crippen molar-refractivity contribution in [3.63, 3.8) is 0 Å². The first-order valence-corrected chi connectivity index (χ1v) is 6.31. The van der Waals surface area contributed by atoms with Gasteiger partial charge in [-0.2, -0.15) is 4.98 Å². The van der Waals surface area contributed by atoms with E-state index in [1.54, 1.807) is 0 Å². The van der Waals surface area contributed by atoms with Gasteiger partial charge in [-0.1, -0.05) is 18.5 Å². The third kappa shape index (κ3) is 2.84. The highest BCUT2D eigenvalue weighted by atomic mass is 16.5. The van der Waals surface area contributed by atoms with Gasteiger partial charge in [0.15, 0.2) is 5.82 Å². The number of aromatic nitrogens is 2. The van der Waals surface area contributed by atoms with E-state index in [2.05, 4.69) is 17.1 Å². The molecule has 1 aromatic heterocycles. The zero-order chi connectivity index (χ0) is 12.4. The summed E-state index contributed by atoms with van der Waals surface area (Å²) in [6, 6.07) is -0.167. The largest absolute Gasteiger partial charge is 0.339 e. The molecule has 0 saturated heterocycles. The molecule has 0 amide bonds. The molecule has 1 aliphatic carbocycles. The number of likely N-dealkylation sites (N-methyl/N-ethyl adjacent to an activating group) is 1. The smallest absolute Gasteiger partial charge is 0.230 e. The summed E-state index contributed by atoms with van der Waals surface area (Å²) in [5.41, 5.74) is 6.02. The van der Waals surface area contributed by atoms with Crippen molar-refractivity contribution in [2.45, 2.75) is 38.1 Å². The Balaban J connectivity index is 2.05. The molecule has 0 spiro atoms. The minimum atomic E-state index is -0.167. The van der Waals surface area contributed by atoms with Crippen molar-refractivity contribution < 1.29 is 4.52 Å². The van der Waals surface area contributed by atoms with Crippen molar-refractivity contribution >= 4 is 0 Å². The van der Waals surface area contributed by atoms with Crippen molar-refractivity contribution in [3.8, 4) is 0 Å². The summed E-state index contributed by atoms with van der Waals surface area (Å²) in [7, 11) is 3.97. The van der Waals surface area contributed by atoms with Gasteiger partial charge in [0.2, 0.25) is 5.89 Å². The van der Waals surface area contributed by atoms with E-state index in [0.717, 1.165) is 18.9 Å². The van der Waals surface area contributed by atoms with E-state index < -0.39 is 0 Å². The Hall–Kier alpha value is -0.940. The van der Waals surface area contributed by atoms with E-state index in [4.69, 9.17) is 10.3 Å². The molecule has 1 aromatic rings. The summed E-state index contributed by atoms with van der Waals surface area (Å²) in [6.07, 6.45) is 3.67. The summed E-state index contributed by atoms with van der Waals surface area (Å²) in [4.78, 5) is 6.49. The van der Waals surface area contributed by atoms with Crippen molar-refractivity contribution in [2.75, 3.05) is 20.6 Å². The molecule has 3 atom stereocenters. The van der Waals surface area contributed by atoms with Crippen LogP contribution < -0.4 is 5.73 Å². The fourth-order valence-electron chi connectivity index (χ4n) is 2.54. The van der Waals surface area contributed by atoms with Crippen LogP contribution in [0.4, 0.5) is 0 Å². The highest BCUT2D eigenvalue weighted by molar-refractivity contribution is 5.01. The van der Waals surface area contributed by atoms with Crippen LogP contribution in [0, 0.1) is 5.92 Å². The fourth-order valence-corrected chi connectivity index (χ4v) is 2.54. The van der Waals surface area contributed by atoms with Gasteiger partial charge < -0.3 is 15.2 Å². The van der Waals surface area contributed by atoms with Crippen LogP contribution in [-0.2, 0) is 0 Å². The SMILES string of the molecule is CC1CCCC1c1nc(C(N)CN(C)C)no1. The summed E-state index contributed by atoms with van der Waals surface area (Å²) in [6.45, 7) is 2.99. The van der Waals surface area contributed by atoms with Crippen LogP contribution in [0.25, 0.3) is 0 Å². The van der Waals surface area contributed by atoms with Gasteiger partial charge in [-0.05, 0) is 32.9 Å². The first-order valence-electron chi connectivity index (χ1n) is 6.31. The number of nitrogens with two attached hydrogens (primary N) is 1. The molecule has 0 radical (unpaired) electrons. The molecule has 1 saturated carbocycles. The Morgan fingerprint density at radius 2 is 2.24 bits per heavy atom. The summed E-state index contributed by atoms with van der Waals surface area (Å²) in [5, 5.41) is 4.01. The molecule has 17 heavy (non-hydrogen) atoms. The third-order valence-corrected chi connectivity index (χ3v) is 3.53. The predicted molar refractivity (Wildman–Crippen MR) is 65.5 cm³/mol.